The monoisotopic (exact) mass is 353 g/mol. The third-order valence-electron chi connectivity index (χ3n) is 5.74. The van der Waals surface area contributed by atoms with Gasteiger partial charge in [0.1, 0.15) is 0 Å². The molecule has 0 spiro atoms. The fraction of sp³-hybridized carbons (Fsp3) is 0.524. The van der Waals surface area contributed by atoms with Crippen LogP contribution in [0.5, 0.6) is 0 Å². The summed E-state index contributed by atoms with van der Waals surface area (Å²) in [6.07, 6.45) is 4.26. The molecular weight excluding hydrogens is 326 g/mol. The van der Waals surface area contributed by atoms with Crippen molar-refractivity contribution in [3.63, 3.8) is 0 Å². The summed E-state index contributed by atoms with van der Waals surface area (Å²) in [6.45, 7) is 6.19. The third-order valence-corrected chi connectivity index (χ3v) is 5.74. The van der Waals surface area contributed by atoms with Crippen molar-refractivity contribution >= 4 is 16.8 Å². The van der Waals surface area contributed by atoms with Crippen LogP contribution < -0.4 is 5.56 Å². The van der Waals surface area contributed by atoms with E-state index in [9.17, 15) is 9.59 Å². The summed E-state index contributed by atoms with van der Waals surface area (Å²) in [4.78, 5) is 32.5. The van der Waals surface area contributed by atoms with Gasteiger partial charge in [-0.2, -0.15) is 0 Å². The highest BCUT2D eigenvalue weighted by Crippen LogP contribution is 2.22. The van der Waals surface area contributed by atoms with Crippen LogP contribution in [0, 0.1) is 12.8 Å². The standard InChI is InChI=1S/C21H27N3O2/c1-15-6-7-16-12-18(20(25)22-19(16)11-15)14-23-8-4-5-17(13-23)21(26)24-9-2-3-10-24/h6-7,11-12,17H,2-5,8-10,13-14H2,1H3,(H,22,25)/t17-/m0/s1. The first-order chi connectivity index (χ1) is 12.6. The maximum atomic E-state index is 12.7. The summed E-state index contributed by atoms with van der Waals surface area (Å²) < 4.78 is 0. The maximum absolute atomic E-state index is 12.7. The number of hydrogen-bond donors (Lipinski definition) is 1. The molecule has 138 valence electrons. The minimum atomic E-state index is -0.0175. The molecule has 2 saturated heterocycles. The average Bonchev–Trinajstić information content (AvgIpc) is 3.17. The van der Waals surface area contributed by atoms with Crippen molar-refractivity contribution in [2.24, 2.45) is 5.92 Å². The molecule has 5 nitrogen and oxygen atoms in total. The minimum Gasteiger partial charge on any atom is -0.342 e. The molecule has 1 aromatic carbocycles. The van der Waals surface area contributed by atoms with E-state index in [0.717, 1.165) is 73.9 Å². The highest BCUT2D eigenvalue weighted by Gasteiger charge is 2.30. The molecule has 26 heavy (non-hydrogen) atoms. The van der Waals surface area contributed by atoms with Crippen molar-refractivity contribution in [3.05, 3.63) is 45.7 Å². The molecule has 0 unspecified atom stereocenters. The van der Waals surface area contributed by atoms with Gasteiger partial charge in [-0.3, -0.25) is 14.5 Å². The Kier molecular flexibility index (Phi) is 4.81. The van der Waals surface area contributed by atoms with Crippen LogP contribution in [0.3, 0.4) is 0 Å². The number of carbonyl (C=O) groups is 1. The molecule has 0 bridgehead atoms. The lowest BCUT2D eigenvalue weighted by molar-refractivity contribution is -0.136. The van der Waals surface area contributed by atoms with E-state index in [0.29, 0.717) is 12.5 Å². The zero-order chi connectivity index (χ0) is 18.1. The van der Waals surface area contributed by atoms with Gasteiger partial charge in [-0.1, -0.05) is 12.1 Å². The second-order valence-corrected chi connectivity index (χ2v) is 7.82. The van der Waals surface area contributed by atoms with Gasteiger partial charge in [0.15, 0.2) is 0 Å². The molecule has 1 aromatic heterocycles. The molecule has 3 heterocycles. The van der Waals surface area contributed by atoms with Crippen LogP contribution in [-0.4, -0.2) is 46.9 Å². The van der Waals surface area contributed by atoms with E-state index in [1.54, 1.807) is 0 Å². The summed E-state index contributed by atoms with van der Waals surface area (Å²) in [7, 11) is 0. The van der Waals surface area contributed by atoms with Gasteiger partial charge in [-0.15, -0.1) is 0 Å². The number of aromatic nitrogens is 1. The summed E-state index contributed by atoms with van der Waals surface area (Å²) in [5, 5.41) is 1.06. The van der Waals surface area contributed by atoms with Crippen LogP contribution in [0.15, 0.2) is 29.1 Å². The number of aryl methyl sites for hydroxylation is 1. The molecular formula is C21H27N3O2. The molecule has 0 aliphatic carbocycles. The van der Waals surface area contributed by atoms with Gasteiger partial charge < -0.3 is 9.88 Å². The van der Waals surface area contributed by atoms with Crippen LogP contribution in [0.1, 0.15) is 36.8 Å². The lowest BCUT2D eigenvalue weighted by atomic mass is 9.96. The van der Waals surface area contributed by atoms with E-state index < -0.39 is 0 Å². The van der Waals surface area contributed by atoms with E-state index in [1.165, 1.54) is 0 Å². The quantitative estimate of drug-likeness (QED) is 0.923. The molecule has 0 radical (unpaired) electrons. The zero-order valence-electron chi connectivity index (χ0n) is 15.5. The Morgan fingerprint density at radius 1 is 1.15 bits per heavy atom. The Bertz CT molecular complexity index is 867. The van der Waals surface area contributed by atoms with E-state index in [2.05, 4.69) is 22.0 Å². The van der Waals surface area contributed by atoms with Crippen molar-refractivity contribution in [2.75, 3.05) is 26.2 Å². The van der Waals surface area contributed by atoms with Gasteiger partial charge in [-0.25, -0.2) is 0 Å². The number of pyridine rings is 1. The third kappa shape index (κ3) is 3.54. The maximum Gasteiger partial charge on any atom is 0.252 e. The highest BCUT2D eigenvalue weighted by atomic mass is 16.2. The van der Waals surface area contributed by atoms with Crippen LogP contribution in [0.25, 0.3) is 10.9 Å². The summed E-state index contributed by atoms with van der Waals surface area (Å²) in [6, 6.07) is 8.13. The number of likely N-dealkylation sites (tertiary alicyclic amines) is 2. The lowest BCUT2D eigenvalue weighted by Crippen LogP contribution is -2.44. The number of hydrogen-bond acceptors (Lipinski definition) is 3. The van der Waals surface area contributed by atoms with Gasteiger partial charge in [0.05, 0.1) is 5.92 Å². The number of aromatic amines is 1. The van der Waals surface area contributed by atoms with E-state index in [1.807, 2.05) is 24.0 Å². The molecule has 2 aliphatic heterocycles. The van der Waals surface area contributed by atoms with Crippen LogP contribution >= 0.6 is 0 Å². The van der Waals surface area contributed by atoms with Gasteiger partial charge in [0, 0.05) is 37.3 Å². The zero-order valence-corrected chi connectivity index (χ0v) is 15.5. The fourth-order valence-electron chi connectivity index (χ4n) is 4.31. The molecule has 0 saturated carbocycles. The molecule has 2 aliphatic rings. The molecule has 1 N–H and O–H groups in total. The van der Waals surface area contributed by atoms with Crippen LogP contribution in [0.4, 0.5) is 0 Å². The number of piperidine rings is 1. The first-order valence-corrected chi connectivity index (χ1v) is 9.74. The Morgan fingerprint density at radius 2 is 1.96 bits per heavy atom. The number of fused-ring (bicyclic) bond motifs is 1. The van der Waals surface area contributed by atoms with Crippen LogP contribution in [-0.2, 0) is 11.3 Å². The summed E-state index contributed by atoms with van der Waals surface area (Å²) in [5.41, 5.74) is 2.80. The predicted molar refractivity (Wildman–Crippen MR) is 103 cm³/mol. The topological polar surface area (TPSA) is 56.4 Å². The fourth-order valence-corrected chi connectivity index (χ4v) is 4.31. The number of H-pyrrole nitrogens is 1. The normalized spacial score (nSPS) is 21.4. The number of nitrogens with zero attached hydrogens (tertiary/aromatic N) is 2. The van der Waals surface area contributed by atoms with Crippen molar-refractivity contribution in [2.45, 2.75) is 39.2 Å². The number of benzene rings is 1. The predicted octanol–water partition coefficient (Wildman–Crippen LogP) is 2.67. The molecule has 1 atom stereocenters. The first kappa shape index (κ1) is 17.3. The van der Waals surface area contributed by atoms with Crippen molar-refractivity contribution < 1.29 is 4.79 Å². The number of amides is 1. The SMILES string of the molecule is Cc1ccc2cc(CN3CCC[C@H](C(=O)N4CCCC4)C3)c(=O)[nH]c2c1. The Morgan fingerprint density at radius 3 is 2.77 bits per heavy atom. The van der Waals surface area contributed by atoms with Gasteiger partial charge >= 0.3 is 0 Å². The lowest BCUT2D eigenvalue weighted by Gasteiger charge is -2.33. The molecule has 2 aromatic rings. The molecule has 5 heteroatoms. The number of carbonyl (C=O) groups excluding carboxylic acids is 1. The van der Waals surface area contributed by atoms with Gasteiger partial charge in [-0.05, 0) is 62.2 Å². The number of nitrogens with one attached hydrogen (secondary N) is 1. The number of rotatable bonds is 3. The van der Waals surface area contributed by atoms with Gasteiger partial charge in [0.25, 0.3) is 5.56 Å². The molecule has 4 rings (SSSR count). The van der Waals surface area contributed by atoms with Gasteiger partial charge in [0.2, 0.25) is 5.91 Å². The minimum absolute atomic E-state index is 0.0175. The largest absolute Gasteiger partial charge is 0.342 e. The highest BCUT2D eigenvalue weighted by molar-refractivity contribution is 5.80. The van der Waals surface area contributed by atoms with Crippen LogP contribution in [0.2, 0.25) is 0 Å². The average molecular weight is 353 g/mol. The van der Waals surface area contributed by atoms with Crippen molar-refractivity contribution in [1.82, 2.24) is 14.8 Å². The second kappa shape index (κ2) is 7.23. The molecule has 2 fully saturated rings. The Hall–Kier alpha value is -2.14. The van der Waals surface area contributed by atoms with E-state index in [4.69, 9.17) is 0 Å². The molecule has 1 amide bonds. The van der Waals surface area contributed by atoms with Crippen molar-refractivity contribution in [1.29, 1.82) is 0 Å². The first-order valence-electron chi connectivity index (χ1n) is 9.74. The Labute approximate surface area is 154 Å². The van der Waals surface area contributed by atoms with Crippen molar-refractivity contribution in [3.8, 4) is 0 Å². The second-order valence-electron chi connectivity index (χ2n) is 7.82. The summed E-state index contributed by atoms with van der Waals surface area (Å²) >= 11 is 0. The van der Waals surface area contributed by atoms with E-state index >= 15 is 0 Å². The van der Waals surface area contributed by atoms with E-state index in [-0.39, 0.29) is 11.5 Å². The smallest absolute Gasteiger partial charge is 0.252 e. The Balaban J connectivity index is 1.49. The summed E-state index contributed by atoms with van der Waals surface area (Å²) in [5.74, 6) is 0.402.